The van der Waals surface area contributed by atoms with E-state index in [2.05, 4.69) is 15.6 Å². The van der Waals surface area contributed by atoms with Crippen LogP contribution in [0.5, 0.6) is 5.75 Å². The normalized spacial score (nSPS) is 11.7. The van der Waals surface area contributed by atoms with Crippen molar-refractivity contribution in [1.29, 1.82) is 0 Å². The highest BCUT2D eigenvalue weighted by Crippen LogP contribution is 2.29. The number of aromatic nitrogens is 3. The van der Waals surface area contributed by atoms with E-state index in [1.54, 1.807) is 24.3 Å². The van der Waals surface area contributed by atoms with Crippen molar-refractivity contribution in [3.8, 4) is 5.75 Å². The third-order valence-electron chi connectivity index (χ3n) is 4.04. The molecule has 1 aromatic heterocycles. The number of methoxy groups -OCH3 is 1. The highest BCUT2D eigenvalue weighted by molar-refractivity contribution is 5.97. The van der Waals surface area contributed by atoms with Gasteiger partial charge in [0.2, 0.25) is 0 Å². The Bertz CT molecular complexity index is 1080. The van der Waals surface area contributed by atoms with Gasteiger partial charge >= 0.3 is 5.97 Å². The first-order chi connectivity index (χ1) is 13.9. The van der Waals surface area contributed by atoms with Gasteiger partial charge in [0.15, 0.2) is 6.10 Å². The Kier molecular flexibility index (Phi) is 5.67. The molecule has 2 aromatic carbocycles. The molecule has 0 aliphatic carbocycles. The van der Waals surface area contributed by atoms with Gasteiger partial charge in [-0.3, -0.25) is 19.7 Å². The zero-order valence-corrected chi connectivity index (χ0v) is 15.6. The number of nitrogens with one attached hydrogen (secondary N) is 1. The van der Waals surface area contributed by atoms with E-state index >= 15 is 0 Å². The molecule has 150 valence electrons. The largest absolute Gasteiger partial charge is 0.496 e. The van der Waals surface area contributed by atoms with Crippen LogP contribution in [-0.4, -0.2) is 45.0 Å². The lowest BCUT2D eigenvalue weighted by Gasteiger charge is -2.14. The fourth-order valence-electron chi connectivity index (χ4n) is 2.57. The summed E-state index contributed by atoms with van der Waals surface area (Å²) in [4.78, 5) is 35.0. The van der Waals surface area contributed by atoms with E-state index in [1.165, 1.54) is 36.9 Å². The number of rotatable bonds is 7. The van der Waals surface area contributed by atoms with E-state index in [-0.39, 0.29) is 23.7 Å². The molecule has 0 aliphatic rings. The van der Waals surface area contributed by atoms with Crippen LogP contribution in [-0.2, 0) is 20.9 Å². The number of nitro benzene ring substituents is 1. The zero-order valence-electron chi connectivity index (χ0n) is 15.6. The number of esters is 1. The maximum Gasteiger partial charge on any atom is 0.328 e. The highest BCUT2D eigenvalue weighted by atomic mass is 16.6. The Morgan fingerprint density at radius 2 is 2.03 bits per heavy atom. The number of hydrogen-bond acceptors (Lipinski definition) is 8. The van der Waals surface area contributed by atoms with Crippen LogP contribution in [0.25, 0.3) is 11.0 Å². The van der Waals surface area contributed by atoms with E-state index in [1.807, 2.05) is 0 Å². The minimum atomic E-state index is -1.18. The number of ether oxygens (including phenoxy) is 2. The molecule has 0 aliphatic heterocycles. The van der Waals surface area contributed by atoms with Crippen molar-refractivity contribution in [3.63, 3.8) is 0 Å². The number of benzene rings is 2. The minimum absolute atomic E-state index is 0.0361. The number of para-hydroxylation sites is 1. The van der Waals surface area contributed by atoms with Crippen LogP contribution >= 0.6 is 0 Å². The van der Waals surface area contributed by atoms with Crippen LogP contribution in [0.15, 0.2) is 42.5 Å². The summed E-state index contributed by atoms with van der Waals surface area (Å²) >= 11 is 0. The van der Waals surface area contributed by atoms with Crippen molar-refractivity contribution in [2.45, 2.75) is 19.6 Å². The molecule has 11 nitrogen and oxygen atoms in total. The summed E-state index contributed by atoms with van der Waals surface area (Å²) < 4.78 is 11.4. The smallest absolute Gasteiger partial charge is 0.328 e. The average molecular weight is 399 g/mol. The van der Waals surface area contributed by atoms with E-state index in [0.29, 0.717) is 11.0 Å². The van der Waals surface area contributed by atoms with Crippen LogP contribution < -0.4 is 10.1 Å². The quantitative estimate of drug-likeness (QED) is 0.361. The van der Waals surface area contributed by atoms with Crippen LogP contribution in [0.4, 0.5) is 11.4 Å². The number of hydrogen-bond donors (Lipinski definition) is 1. The summed E-state index contributed by atoms with van der Waals surface area (Å²) in [6, 6.07) is 11.1. The number of nitrogens with zero attached hydrogens (tertiary/aromatic N) is 4. The monoisotopic (exact) mass is 399 g/mol. The van der Waals surface area contributed by atoms with Crippen molar-refractivity contribution in [1.82, 2.24) is 15.0 Å². The molecule has 0 bridgehead atoms. The van der Waals surface area contributed by atoms with E-state index in [0.717, 1.165) is 0 Å². The summed E-state index contributed by atoms with van der Waals surface area (Å²) in [6.07, 6.45) is -1.18. The van der Waals surface area contributed by atoms with E-state index in [9.17, 15) is 19.7 Å². The van der Waals surface area contributed by atoms with Gasteiger partial charge in [-0.05, 0) is 31.2 Å². The fraction of sp³-hybridized carbons (Fsp3) is 0.222. The molecule has 1 atom stereocenters. The Morgan fingerprint density at radius 1 is 1.28 bits per heavy atom. The summed E-state index contributed by atoms with van der Waals surface area (Å²) in [6.45, 7) is 1.13. The van der Waals surface area contributed by atoms with Crippen molar-refractivity contribution in [2.24, 2.45) is 0 Å². The second-order valence-corrected chi connectivity index (χ2v) is 6.00. The molecule has 3 rings (SSSR count). The SMILES string of the molecule is COc1ccc(NC(=O)C(C)OC(=O)Cn2nnc3ccccc32)c([N+](=O)[O-])c1. The van der Waals surface area contributed by atoms with Crippen molar-refractivity contribution in [3.05, 3.63) is 52.6 Å². The third-order valence-corrected chi connectivity index (χ3v) is 4.04. The topological polar surface area (TPSA) is 138 Å². The maximum atomic E-state index is 12.3. The zero-order chi connectivity index (χ0) is 21.0. The average Bonchev–Trinajstić information content (AvgIpc) is 3.10. The van der Waals surface area contributed by atoms with Gasteiger partial charge < -0.3 is 14.8 Å². The molecule has 1 unspecified atom stereocenters. The fourth-order valence-corrected chi connectivity index (χ4v) is 2.57. The highest BCUT2D eigenvalue weighted by Gasteiger charge is 2.23. The van der Waals surface area contributed by atoms with Gasteiger partial charge in [0.05, 0.1) is 23.6 Å². The lowest BCUT2D eigenvalue weighted by atomic mass is 10.2. The first-order valence-electron chi connectivity index (χ1n) is 8.50. The molecule has 29 heavy (non-hydrogen) atoms. The maximum absolute atomic E-state index is 12.3. The van der Waals surface area contributed by atoms with Gasteiger partial charge in [-0.1, -0.05) is 17.3 Å². The number of carbonyl (C=O) groups excluding carboxylic acids is 2. The van der Waals surface area contributed by atoms with Gasteiger partial charge in [-0.25, -0.2) is 4.68 Å². The van der Waals surface area contributed by atoms with E-state index in [4.69, 9.17) is 9.47 Å². The second kappa shape index (κ2) is 8.33. The van der Waals surface area contributed by atoms with Crippen molar-refractivity contribution in [2.75, 3.05) is 12.4 Å². The molecule has 1 N–H and O–H groups in total. The van der Waals surface area contributed by atoms with Gasteiger partial charge in [-0.15, -0.1) is 5.10 Å². The van der Waals surface area contributed by atoms with Gasteiger partial charge in [-0.2, -0.15) is 0 Å². The molecule has 1 heterocycles. The molecule has 0 radical (unpaired) electrons. The van der Waals surface area contributed by atoms with Crippen LogP contribution in [0.2, 0.25) is 0 Å². The summed E-state index contributed by atoms with van der Waals surface area (Å²) in [5.41, 5.74) is 0.893. The lowest BCUT2D eigenvalue weighted by molar-refractivity contribution is -0.384. The van der Waals surface area contributed by atoms with Crippen LogP contribution in [0.1, 0.15) is 6.92 Å². The number of fused-ring (bicyclic) bond motifs is 1. The molecule has 1 amide bonds. The number of amides is 1. The Labute approximate surface area is 164 Å². The molecule has 0 spiro atoms. The van der Waals surface area contributed by atoms with Crippen molar-refractivity contribution >= 4 is 34.3 Å². The molecule has 3 aromatic rings. The predicted molar refractivity (Wildman–Crippen MR) is 101 cm³/mol. The molecule has 11 heteroatoms. The van der Waals surface area contributed by atoms with Gasteiger partial charge in [0.1, 0.15) is 23.5 Å². The first-order valence-corrected chi connectivity index (χ1v) is 8.50. The first kappa shape index (κ1) is 19.7. The van der Waals surface area contributed by atoms with Crippen LogP contribution in [0.3, 0.4) is 0 Å². The minimum Gasteiger partial charge on any atom is -0.496 e. The number of carbonyl (C=O) groups is 2. The number of anilines is 1. The van der Waals surface area contributed by atoms with E-state index < -0.39 is 22.9 Å². The Balaban J connectivity index is 1.65. The summed E-state index contributed by atoms with van der Waals surface area (Å²) in [5, 5.41) is 21.4. The van der Waals surface area contributed by atoms with Crippen molar-refractivity contribution < 1.29 is 24.0 Å². The third kappa shape index (κ3) is 4.46. The molecule has 0 saturated carbocycles. The van der Waals surface area contributed by atoms with Gasteiger partial charge in [0.25, 0.3) is 11.6 Å². The second-order valence-electron chi connectivity index (χ2n) is 6.00. The predicted octanol–water partition coefficient (Wildman–Crippen LogP) is 1.92. The summed E-state index contributed by atoms with van der Waals surface area (Å²) in [5.74, 6) is -1.14. The Hall–Kier alpha value is -4.02. The molecule has 0 fully saturated rings. The Morgan fingerprint density at radius 3 is 2.76 bits per heavy atom. The van der Waals surface area contributed by atoms with Crippen LogP contribution in [0, 0.1) is 10.1 Å². The number of nitro groups is 1. The molecular weight excluding hydrogens is 382 g/mol. The molecular formula is C18H17N5O6. The lowest BCUT2D eigenvalue weighted by Crippen LogP contribution is -2.31. The molecule has 0 saturated heterocycles. The standard InChI is InChI=1S/C18H17N5O6/c1-11(18(25)19-13-8-7-12(28-2)9-16(13)23(26)27)29-17(24)10-22-15-6-4-3-5-14(15)20-21-22/h3-9,11H,10H2,1-2H3,(H,19,25). The summed E-state index contributed by atoms with van der Waals surface area (Å²) in [7, 11) is 1.37. The van der Waals surface area contributed by atoms with Gasteiger partial charge in [0, 0.05) is 0 Å².